The van der Waals surface area contributed by atoms with Gasteiger partial charge in [-0.15, -0.1) is 0 Å². The molecule has 0 aromatic rings. The van der Waals surface area contributed by atoms with Crippen LogP contribution >= 0.6 is 0 Å². The second-order valence-electron chi connectivity index (χ2n) is 2.35. The third-order valence-corrected chi connectivity index (χ3v) is 1.52. The minimum Gasteiger partial charge on any atom is -0.480 e. The van der Waals surface area contributed by atoms with Crippen LogP contribution < -0.4 is 11.2 Å². The monoisotopic (exact) mass is 190 g/mol. The number of nitrogens with one attached hydrogen (secondary N) is 1. The number of hydrogen-bond acceptors (Lipinski definition) is 5. The molecule has 13 heavy (non-hydrogen) atoms. The maximum atomic E-state index is 10.8. The van der Waals surface area contributed by atoms with Crippen LogP contribution in [0, 0.1) is 5.92 Å². The number of carboxylic acids is 1. The predicted octanol–water partition coefficient (Wildman–Crippen LogP) is -1.89. The highest BCUT2D eigenvalue weighted by molar-refractivity contribution is 5.87. The molecule has 0 rings (SSSR count). The fraction of sp³-hybridized carbons (Fsp3) is 0.500. The molecule has 5 N–H and O–H groups in total. The zero-order valence-electron chi connectivity index (χ0n) is 6.64. The van der Waals surface area contributed by atoms with Crippen molar-refractivity contribution >= 4 is 18.2 Å². The molecule has 0 fully saturated rings. The maximum Gasteiger partial charge on any atom is 0.321 e. The normalized spacial score (nSPS) is 14.3. The van der Waals surface area contributed by atoms with Crippen molar-refractivity contribution in [3.8, 4) is 0 Å². The second-order valence-corrected chi connectivity index (χ2v) is 2.35. The van der Waals surface area contributed by atoms with Crippen LogP contribution in [0.15, 0.2) is 0 Å². The van der Waals surface area contributed by atoms with Gasteiger partial charge in [-0.2, -0.15) is 0 Å². The van der Waals surface area contributed by atoms with Gasteiger partial charge in [0.2, 0.25) is 5.91 Å². The molecule has 7 heteroatoms. The van der Waals surface area contributed by atoms with Crippen molar-refractivity contribution < 1.29 is 24.7 Å². The Morgan fingerprint density at radius 2 is 2.08 bits per heavy atom. The lowest BCUT2D eigenvalue weighted by Crippen LogP contribution is -2.45. The first kappa shape index (κ1) is 11.5. The number of hydrogen-bond donors (Lipinski definition) is 4. The lowest BCUT2D eigenvalue weighted by molar-refractivity contribution is -0.145. The van der Waals surface area contributed by atoms with Gasteiger partial charge < -0.3 is 15.6 Å². The summed E-state index contributed by atoms with van der Waals surface area (Å²) < 4.78 is 0. The minimum atomic E-state index is -1.50. The fourth-order valence-corrected chi connectivity index (χ4v) is 0.775. The van der Waals surface area contributed by atoms with Gasteiger partial charge in [0, 0.05) is 6.42 Å². The Hall–Kier alpha value is -1.47. The van der Waals surface area contributed by atoms with Crippen LogP contribution in [0.4, 0.5) is 0 Å². The first-order chi connectivity index (χ1) is 6.04. The van der Waals surface area contributed by atoms with Crippen molar-refractivity contribution in [2.24, 2.45) is 11.7 Å². The molecular formula is C6H10N2O5. The molecule has 0 aliphatic rings. The number of nitrogens with two attached hydrogens (primary N) is 1. The van der Waals surface area contributed by atoms with E-state index in [9.17, 15) is 14.4 Å². The second kappa shape index (κ2) is 5.22. The van der Waals surface area contributed by atoms with Crippen molar-refractivity contribution in [1.82, 2.24) is 5.48 Å². The standard InChI is InChI=1S/C6H10N2O5/c7-4(6(11)12)3(1-2-9)5(10)8-13/h2-4,13H,1,7H2,(H,8,10)(H,11,12)/t3-,4-/m0/s1. The van der Waals surface area contributed by atoms with Gasteiger partial charge in [0.15, 0.2) is 0 Å². The third kappa shape index (κ3) is 3.18. The molecule has 0 aromatic heterocycles. The molecular weight excluding hydrogens is 180 g/mol. The van der Waals surface area contributed by atoms with E-state index in [0.717, 1.165) is 0 Å². The summed E-state index contributed by atoms with van der Waals surface area (Å²) in [5, 5.41) is 16.6. The van der Waals surface area contributed by atoms with Gasteiger partial charge in [-0.3, -0.25) is 14.8 Å². The lowest BCUT2D eigenvalue weighted by Gasteiger charge is -2.15. The Balaban J connectivity index is 4.48. The Morgan fingerprint density at radius 1 is 1.54 bits per heavy atom. The summed E-state index contributed by atoms with van der Waals surface area (Å²) in [6.45, 7) is 0. The van der Waals surface area contributed by atoms with E-state index < -0.39 is 23.8 Å². The quantitative estimate of drug-likeness (QED) is 0.228. The van der Waals surface area contributed by atoms with Crippen molar-refractivity contribution in [1.29, 1.82) is 0 Å². The third-order valence-electron chi connectivity index (χ3n) is 1.52. The number of aliphatic carboxylic acids is 1. The first-order valence-corrected chi connectivity index (χ1v) is 3.40. The Kier molecular flexibility index (Phi) is 4.63. The molecule has 0 bridgehead atoms. The summed E-state index contributed by atoms with van der Waals surface area (Å²) >= 11 is 0. The Labute approximate surface area is 73.5 Å². The van der Waals surface area contributed by atoms with Gasteiger partial charge in [0.1, 0.15) is 12.3 Å². The molecule has 0 spiro atoms. The fourth-order valence-electron chi connectivity index (χ4n) is 0.775. The summed E-state index contributed by atoms with van der Waals surface area (Å²) in [5.74, 6) is -3.64. The van der Waals surface area contributed by atoms with E-state index in [4.69, 9.17) is 16.0 Å². The van der Waals surface area contributed by atoms with Gasteiger partial charge >= 0.3 is 5.97 Å². The zero-order valence-corrected chi connectivity index (χ0v) is 6.64. The van der Waals surface area contributed by atoms with Crippen molar-refractivity contribution in [2.45, 2.75) is 12.5 Å². The molecule has 0 unspecified atom stereocenters. The van der Waals surface area contributed by atoms with E-state index in [1.54, 1.807) is 0 Å². The van der Waals surface area contributed by atoms with E-state index in [1.807, 2.05) is 0 Å². The smallest absolute Gasteiger partial charge is 0.321 e. The van der Waals surface area contributed by atoms with E-state index >= 15 is 0 Å². The van der Waals surface area contributed by atoms with E-state index in [-0.39, 0.29) is 6.42 Å². The zero-order chi connectivity index (χ0) is 10.4. The highest BCUT2D eigenvalue weighted by Crippen LogP contribution is 2.05. The summed E-state index contributed by atoms with van der Waals surface area (Å²) in [7, 11) is 0. The van der Waals surface area contributed by atoms with Gasteiger partial charge in [-0.25, -0.2) is 5.48 Å². The summed E-state index contributed by atoms with van der Waals surface area (Å²) in [5.41, 5.74) is 6.34. The van der Waals surface area contributed by atoms with Crippen LogP contribution in [-0.2, 0) is 14.4 Å². The Bertz CT molecular complexity index is 217. The molecule has 1 amide bonds. The molecule has 0 saturated heterocycles. The van der Waals surface area contributed by atoms with E-state index in [2.05, 4.69) is 0 Å². The van der Waals surface area contributed by atoms with Crippen molar-refractivity contribution in [2.75, 3.05) is 0 Å². The summed E-state index contributed by atoms with van der Waals surface area (Å²) in [6, 6.07) is -1.50. The molecule has 0 heterocycles. The SMILES string of the molecule is N[C@H](C(=O)O)[C@H](CC=O)C(=O)NO. The molecule has 7 nitrogen and oxygen atoms in total. The van der Waals surface area contributed by atoms with Gasteiger partial charge in [-0.1, -0.05) is 0 Å². The van der Waals surface area contributed by atoms with Crippen LogP contribution in [0.2, 0.25) is 0 Å². The summed E-state index contributed by atoms with van der Waals surface area (Å²) in [6.07, 6.45) is 0.0164. The van der Waals surface area contributed by atoms with Gasteiger partial charge in [-0.05, 0) is 0 Å². The van der Waals surface area contributed by atoms with Crippen LogP contribution in [0.25, 0.3) is 0 Å². The molecule has 0 aliphatic heterocycles. The molecule has 0 aliphatic carbocycles. The first-order valence-electron chi connectivity index (χ1n) is 3.40. The lowest BCUT2D eigenvalue weighted by atomic mass is 9.97. The molecule has 0 saturated carbocycles. The van der Waals surface area contributed by atoms with Crippen LogP contribution in [0.3, 0.4) is 0 Å². The molecule has 0 radical (unpaired) electrons. The van der Waals surface area contributed by atoms with Crippen molar-refractivity contribution in [3.63, 3.8) is 0 Å². The van der Waals surface area contributed by atoms with Gasteiger partial charge in [0.25, 0.3) is 0 Å². The molecule has 0 aromatic carbocycles. The molecule has 74 valence electrons. The number of hydroxylamine groups is 1. The average Bonchev–Trinajstić information content (AvgIpc) is 2.11. The number of aldehydes is 1. The highest BCUT2D eigenvalue weighted by atomic mass is 16.5. The highest BCUT2D eigenvalue weighted by Gasteiger charge is 2.29. The molecule has 2 atom stereocenters. The largest absolute Gasteiger partial charge is 0.480 e. The van der Waals surface area contributed by atoms with E-state index in [0.29, 0.717) is 6.29 Å². The van der Waals surface area contributed by atoms with Gasteiger partial charge in [0.05, 0.1) is 5.92 Å². The topological polar surface area (TPSA) is 130 Å². The average molecular weight is 190 g/mol. The number of carboxylic acid groups (broad SMARTS) is 1. The van der Waals surface area contributed by atoms with Crippen molar-refractivity contribution in [3.05, 3.63) is 0 Å². The number of carbonyl (C=O) groups excluding carboxylic acids is 2. The van der Waals surface area contributed by atoms with E-state index in [1.165, 1.54) is 5.48 Å². The number of amides is 1. The predicted molar refractivity (Wildman–Crippen MR) is 39.7 cm³/mol. The minimum absolute atomic E-state index is 0.347. The van der Waals surface area contributed by atoms with Crippen LogP contribution in [-0.4, -0.2) is 34.5 Å². The number of rotatable bonds is 5. The Morgan fingerprint density at radius 3 is 2.38 bits per heavy atom. The van der Waals surface area contributed by atoms with Crippen LogP contribution in [0.1, 0.15) is 6.42 Å². The van der Waals surface area contributed by atoms with Crippen LogP contribution in [0.5, 0.6) is 0 Å². The maximum absolute atomic E-state index is 10.8. The number of carbonyl (C=O) groups is 3. The summed E-state index contributed by atoms with van der Waals surface area (Å²) in [4.78, 5) is 31.2.